The summed E-state index contributed by atoms with van der Waals surface area (Å²) >= 11 is 0. The van der Waals surface area contributed by atoms with Crippen LogP contribution in [0.3, 0.4) is 0 Å². The lowest BCUT2D eigenvalue weighted by Crippen LogP contribution is -2.50. The van der Waals surface area contributed by atoms with Gasteiger partial charge in [0, 0.05) is 13.0 Å². The van der Waals surface area contributed by atoms with Crippen LogP contribution in [0.2, 0.25) is 0 Å². The molecular formula is C40H46N4O4. The summed E-state index contributed by atoms with van der Waals surface area (Å²) < 4.78 is 7.78. The minimum Gasteiger partial charge on any atom is -0.444 e. The van der Waals surface area contributed by atoms with Gasteiger partial charge in [-0.3, -0.25) is 9.63 Å². The molecule has 0 saturated carbocycles. The molecule has 2 N–H and O–H groups in total. The van der Waals surface area contributed by atoms with Gasteiger partial charge in [-0.2, -0.15) is 0 Å². The topological polar surface area (TPSA) is 94.5 Å². The van der Waals surface area contributed by atoms with Crippen LogP contribution in [-0.2, 0) is 32.9 Å². The Morgan fingerprint density at radius 2 is 1.33 bits per heavy atom. The van der Waals surface area contributed by atoms with Crippen molar-refractivity contribution in [1.29, 1.82) is 0 Å². The zero-order valence-corrected chi connectivity index (χ0v) is 28.7. The van der Waals surface area contributed by atoms with Crippen molar-refractivity contribution >= 4 is 23.0 Å². The Morgan fingerprint density at radius 3 is 1.83 bits per heavy atom. The normalized spacial score (nSPS) is 12.5. The van der Waals surface area contributed by atoms with Crippen LogP contribution in [-0.4, -0.2) is 33.2 Å². The van der Waals surface area contributed by atoms with Crippen LogP contribution in [0.4, 0.5) is 4.79 Å². The van der Waals surface area contributed by atoms with Crippen molar-refractivity contribution in [3.05, 3.63) is 137 Å². The number of aryl methyl sites for hydroxylation is 4. The Balaban J connectivity index is 1.48. The number of benzene rings is 4. The largest absolute Gasteiger partial charge is 0.444 e. The van der Waals surface area contributed by atoms with Gasteiger partial charge in [-0.05, 0) is 87.4 Å². The molecule has 0 bridgehead atoms. The Bertz CT molecular complexity index is 1730. The number of amides is 2. The molecule has 0 aliphatic carbocycles. The van der Waals surface area contributed by atoms with Crippen molar-refractivity contribution in [3.8, 4) is 0 Å². The molecule has 1 aromatic heterocycles. The van der Waals surface area contributed by atoms with Crippen LogP contribution in [0.5, 0.6) is 0 Å². The molecule has 48 heavy (non-hydrogen) atoms. The summed E-state index contributed by atoms with van der Waals surface area (Å²) in [5, 5.41) is 2.81. The first-order valence-electron chi connectivity index (χ1n) is 16.6. The molecule has 0 radical (unpaired) electrons. The number of ether oxygens (including phenoxy) is 1. The molecule has 8 heteroatoms. The van der Waals surface area contributed by atoms with Gasteiger partial charge in [-0.1, -0.05) is 97.9 Å². The third-order valence-corrected chi connectivity index (χ3v) is 8.40. The first-order valence-corrected chi connectivity index (χ1v) is 16.6. The molecule has 4 aromatic carbocycles. The first-order chi connectivity index (χ1) is 23.0. The van der Waals surface area contributed by atoms with E-state index in [1.54, 1.807) is 20.8 Å². The van der Waals surface area contributed by atoms with E-state index in [1.165, 1.54) is 11.1 Å². The van der Waals surface area contributed by atoms with Gasteiger partial charge in [-0.25, -0.2) is 15.3 Å². The van der Waals surface area contributed by atoms with Crippen molar-refractivity contribution in [2.45, 2.75) is 84.6 Å². The van der Waals surface area contributed by atoms with E-state index in [2.05, 4.69) is 48.3 Å². The fourth-order valence-corrected chi connectivity index (χ4v) is 5.98. The number of hydrogen-bond donors (Lipinski definition) is 2. The van der Waals surface area contributed by atoms with Crippen molar-refractivity contribution in [1.82, 2.24) is 20.3 Å². The first kappa shape index (κ1) is 34.4. The summed E-state index contributed by atoms with van der Waals surface area (Å²) in [5.74, 6) is 0.353. The summed E-state index contributed by atoms with van der Waals surface area (Å²) in [6.45, 7) is 12.5. The molecule has 8 nitrogen and oxygen atoms in total. The summed E-state index contributed by atoms with van der Waals surface area (Å²) in [5.41, 5.74) is 7.71. The maximum atomic E-state index is 14.1. The van der Waals surface area contributed by atoms with Crippen LogP contribution in [0.25, 0.3) is 11.0 Å². The summed E-state index contributed by atoms with van der Waals surface area (Å²) in [6.07, 6.45) is 0.965. The van der Waals surface area contributed by atoms with Crippen molar-refractivity contribution in [3.63, 3.8) is 0 Å². The third-order valence-electron chi connectivity index (χ3n) is 8.40. The molecule has 5 rings (SSSR count). The predicted molar refractivity (Wildman–Crippen MR) is 189 cm³/mol. The van der Waals surface area contributed by atoms with Crippen LogP contribution in [0, 0.1) is 13.8 Å². The molecule has 0 aliphatic heterocycles. The number of carbonyl (C=O) groups excluding carboxylic acids is 2. The van der Waals surface area contributed by atoms with Crippen LogP contribution < -0.4 is 10.8 Å². The summed E-state index contributed by atoms with van der Waals surface area (Å²) in [4.78, 5) is 38.8. The smallest absolute Gasteiger partial charge is 0.408 e. The number of nitrogens with zero attached hydrogens (tertiary/aromatic N) is 2. The quantitative estimate of drug-likeness (QED) is 0.106. The van der Waals surface area contributed by atoms with Gasteiger partial charge in [0.05, 0.1) is 11.0 Å². The molecule has 5 aromatic rings. The molecule has 0 unspecified atom stereocenters. The number of hydrogen-bond acceptors (Lipinski definition) is 5. The van der Waals surface area contributed by atoms with Crippen molar-refractivity contribution < 1.29 is 19.2 Å². The highest BCUT2D eigenvalue weighted by molar-refractivity contribution is 5.85. The number of nitrogens with one attached hydrogen (secondary N) is 2. The van der Waals surface area contributed by atoms with E-state index in [4.69, 9.17) is 14.6 Å². The van der Waals surface area contributed by atoms with Gasteiger partial charge in [0.15, 0.2) is 5.60 Å². The van der Waals surface area contributed by atoms with Gasteiger partial charge >= 0.3 is 6.09 Å². The van der Waals surface area contributed by atoms with E-state index in [1.807, 2.05) is 91.0 Å². The molecular weight excluding hydrogens is 600 g/mol. The van der Waals surface area contributed by atoms with E-state index in [0.29, 0.717) is 6.42 Å². The second-order valence-corrected chi connectivity index (χ2v) is 13.2. The second kappa shape index (κ2) is 14.9. The highest BCUT2D eigenvalue weighted by Crippen LogP contribution is 2.39. The van der Waals surface area contributed by atoms with E-state index in [0.717, 1.165) is 46.5 Å². The van der Waals surface area contributed by atoms with Crippen LogP contribution in [0.15, 0.2) is 103 Å². The molecule has 1 heterocycles. The van der Waals surface area contributed by atoms with Gasteiger partial charge in [0.1, 0.15) is 17.5 Å². The molecule has 250 valence electrons. The highest BCUT2D eigenvalue weighted by atomic mass is 16.7. The Labute approximate surface area is 283 Å². The Morgan fingerprint density at radius 1 is 0.812 bits per heavy atom. The second-order valence-electron chi connectivity index (χ2n) is 13.2. The summed E-state index contributed by atoms with van der Waals surface area (Å²) in [6, 6.07) is 32.7. The average molecular weight is 647 g/mol. The lowest BCUT2D eigenvalue weighted by molar-refractivity contribution is -0.145. The number of rotatable bonds is 12. The van der Waals surface area contributed by atoms with Gasteiger partial charge in [-0.15, -0.1) is 0 Å². The Hall–Kier alpha value is -4.95. The zero-order valence-electron chi connectivity index (χ0n) is 28.7. The minimum absolute atomic E-state index is 0.272. The molecule has 0 saturated heterocycles. The number of hydroxylamine groups is 1. The number of alkyl carbamates (subject to hydrolysis) is 1. The fraction of sp³-hybridized carbons (Fsp3) is 0.325. The Kier molecular flexibility index (Phi) is 10.6. The maximum absolute atomic E-state index is 14.1. The van der Waals surface area contributed by atoms with Crippen molar-refractivity contribution in [2.24, 2.45) is 0 Å². The number of fused-ring (bicyclic) bond motifs is 1. The van der Waals surface area contributed by atoms with Crippen LogP contribution >= 0.6 is 0 Å². The van der Waals surface area contributed by atoms with Gasteiger partial charge < -0.3 is 14.6 Å². The molecule has 0 fully saturated rings. The van der Waals surface area contributed by atoms with Gasteiger partial charge in [0.2, 0.25) is 0 Å². The minimum atomic E-state index is -1.18. The maximum Gasteiger partial charge on any atom is 0.408 e. The zero-order chi connectivity index (χ0) is 34.3. The van der Waals surface area contributed by atoms with Crippen LogP contribution in [0.1, 0.15) is 74.2 Å². The molecule has 1 atom stereocenters. The fourth-order valence-electron chi connectivity index (χ4n) is 5.98. The van der Waals surface area contributed by atoms with Crippen molar-refractivity contribution in [2.75, 3.05) is 0 Å². The monoisotopic (exact) mass is 646 g/mol. The molecule has 2 amide bonds. The molecule has 0 spiro atoms. The van der Waals surface area contributed by atoms with E-state index in [-0.39, 0.29) is 6.42 Å². The molecule has 0 aliphatic rings. The number of aromatic nitrogens is 2. The number of carbonyl (C=O) groups is 2. The average Bonchev–Trinajstić information content (AvgIpc) is 3.39. The van der Waals surface area contributed by atoms with E-state index < -0.39 is 29.2 Å². The number of imidazole rings is 1. The predicted octanol–water partition coefficient (Wildman–Crippen LogP) is 7.93. The lowest BCUT2D eigenvalue weighted by Gasteiger charge is -2.35. The van der Waals surface area contributed by atoms with E-state index >= 15 is 0 Å². The lowest BCUT2D eigenvalue weighted by atomic mass is 9.80. The van der Waals surface area contributed by atoms with Gasteiger partial charge in [0.25, 0.3) is 5.91 Å². The summed E-state index contributed by atoms with van der Waals surface area (Å²) in [7, 11) is 0. The third kappa shape index (κ3) is 7.77. The van der Waals surface area contributed by atoms with E-state index in [9.17, 15) is 9.59 Å². The SMILES string of the molecule is CCCn1c(CC[C@H](NC(=O)OC(C)(C)C)C(=O)NOC(c2ccccc2)(c2ccccc2)c2ccccc2)nc2cc(C)c(C)cc21. The standard InChI is InChI=1S/C40H46N4O4/c1-7-25-44-35-27-29(3)28(2)26-34(35)41-36(44)24-23-33(42-38(46)47-39(4,5)6)37(45)43-48-40(30-17-11-8-12-18-30,31-19-13-9-14-20-31)32-21-15-10-16-22-32/h8-22,26-27,33H,7,23-25H2,1-6H3,(H,42,46)(H,43,45)/t33-/m0/s1. The highest BCUT2D eigenvalue weighted by Gasteiger charge is 2.40.